The molecule has 0 saturated heterocycles. The van der Waals surface area contributed by atoms with Crippen LogP contribution in [-0.4, -0.2) is 65.0 Å². The van der Waals surface area contributed by atoms with Gasteiger partial charge >= 0.3 is 11.9 Å². The molecule has 0 aromatic heterocycles. The second-order valence-electron chi connectivity index (χ2n) is 16.0. The summed E-state index contributed by atoms with van der Waals surface area (Å²) in [5.41, 5.74) is 0. The van der Waals surface area contributed by atoms with Gasteiger partial charge in [0.25, 0.3) is 0 Å². The molecular weight excluding hydrogens is 634 g/mol. The van der Waals surface area contributed by atoms with Gasteiger partial charge in [0.1, 0.15) is 18.4 Å². The van der Waals surface area contributed by atoms with E-state index in [1.807, 2.05) is 7.05 Å². The maximum absolute atomic E-state index is 12.2. The Morgan fingerprint density at radius 2 is 0.745 bits per heavy atom. The van der Waals surface area contributed by atoms with Crippen molar-refractivity contribution in [1.29, 1.82) is 0 Å². The Morgan fingerprint density at radius 1 is 0.471 bits per heavy atom. The molecule has 0 saturated carbocycles. The van der Waals surface area contributed by atoms with Gasteiger partial charge in [-0.1, -0.05) is 167 Å². The second-order valence-corrected chi connectivity index (χ2v) is 16.0. The molecule has 51 heavy (non-hydrogen) atoms. The van der Waals surface area contributed by atoms with Crippen LogP contribution in [0.3, 0.4) is 0 Å². The highest BCUT2D eigenvalue weighted by atomic mass is 16.4. The minimum atomic E-state index is -0.801. The van der Waals surface area contributed by atoms with Gasteiger partial charge in [0.2, 0.25) is 0 Å². The normalized spacial score (nSPS) is 14.4. The molecule has 0 aliphatic rings. The Balaban J connectivity index is 4.26. The van der Waals surface area contributed by atoms with Crippen molar-refractivity contribution in [2.75, 3.05) is 33.3 Å². The Labute approximate surface area is 316 Å². The largest absolute Gasteiger partial charge is 0.481 e. The first-order valence-electron chi connectivity index (χ1n) is 22.0. The number of carboxylic acid groups (broad SMARTS) is 2. The Bertz CT molecular complexity index is 778. The molecule has 0 aliphatic heterocycles. The standard InChI is InChI=1S/C45H85NO5/c1-4-6-8-10-12-14-16-18-20-22-24-26-28-30-32-34-36-42(44(48)49)40-46(3,38-39-47)41-43(45(50)51)37-35-33-31-29-27-25-23-21-19-17-15-13-11-9-7-5-2/h18-21,42-43,47H,4-17,22-41H2,1-3H3,(H-,48,49,50,51)/p+1/b20-18-,21-19-. The highest BCUT2D eigenvalue weighted by Crippen LogP contribution is 2.22. The monoisotopic (exact) mass is 721 g/mol. The summed E-state index contributed by atoms with van der Waals surface area (Å²) in [5, 5.41) is 29.9. The van der Waals surface area contributed by atoms with Gasteiger partial charge in [0, 0.05) is 0 Å². The van der Waals surface area contributed by atoms with Gasteiger partial charge in [0.15, 0.2) is 0 Å². The number of nitrogens with zero attached hydrogens (tertiary/aromatic N) is 1. The molecule has 0 amide bonds. The Morgan fingerprint density at radius 3 is 1.02 bits per heavy atom. The van der Waals surface area contributed by atoms with Gasteiger partial charge in [-0.2, -0.15) is 0 Å². The van der Waals surface area contributed by atoms with E-state index in [0.717, 1.165) is 51.4 Å². The van der Waals surface area contributed by atoms with Gasteiger partial charge in [-0.25, -0.2) is 0 Å². The average Bonchev–Trinajstić information content (AvgIpc) is 3.10. The number of carbonyl (C=O) groups is 2. The zero-order valence-corrected chi connectivity index (χ0v) is 34.1. The lowest BCUT2D eigenvalue weighted by atomic mass is 9.95. The van der Waals surface area contributed by atoms with Crippen LogP contribution in [0.4, 0.5) is 0 Å². The number of allylic oxidation sites excluding steroid dienone is 4. The highest BCUT2D eigenvalue weighted by Gasteiger charge is 2.34. The molecule has 0 radical (unpaired) electrons. The van der Waals surface area contributed by atoms with Crippen LogP contribution < -0.4 is 0 Å². The molecule has 300 valence electrons. The quantitative estimate of drug-likeness (QED) is 0.0333. The van der Waals surface area contributed by atoms with Crippen molar-refractivity contribution in [2.24, 2.45) is 11.8 Å². The topological polar surface area (TPSA) is 94.8 Å². The van der Waals surface area contributed by atoms with E-state index in [2.05, 4.69) is 38.2 Å². The van der Waals surface area contributed by atoms with Crippen molar-refractivity contribution in [2.45, 2.75) is 206 Å². The van der Waals surface area contributed by atoms with E-state index in [4.69, 9.17) is 0 Å². The predicted molar refractivity (Wildman–Crippen MR) is 218 cm³/mol. The smallest absolute Gasteiger partial charge is 0.312 e. The van der Waals surface area contributed by atoms with Gasteiger partial charge in [0.05, 0.1) is 26.7 Å². The van der Waals surface area contributed by atoms with Crippen molar-refractivity contribution in [3.05, 3.63) is 24.3 Å². The number of rotatable bonds is 40. The summed E-state index contributed by atoms with van der Waals surface area (Å²) in [6, 6.07) is 0. The third-order valence-corrected chi connectivity index (χ3v) is 10.8. The summed E-state index contributed by atoms with van der Waals surface area (Å²) in [6.45, 7) is 5.58. The molecular formula is C45H86NO5+. The molecule has 0 aromatic carbocycles. The zero-order valence-electron chi connectivity index (χ0n) is 34.1. The van der Waals surface area contributed by atoms with Crippen LogP contribution in [0.25, 0.3) is 0 Å². The summed E-state index contributed by atoms with van der Waals surface area (Å²) in [5.74, 6) is -2.63. The minimum Gasteiger partial charge on any atom is -0.481 e. The first-order chi connectivity index (χ1) is 24.8. The highest BCUT2D eigenvalue weighted by molar-refractivity contribution is 5.70. The average molecular weight is 721 g/mol. The fourth-order valence-electron chi connectivity index (χ4n) is 7.42. The Kier molecular flexibility index (Phi) is 35.5. The number of aliphatic hydroxyl groups is 1. The maximum atomic E-state index is 12.2. The molecule has 0 spiro atoms. The number of unbranched alkanes of at least 4 members (excludes halogenated alkanes) is 24. The minimum absolute atomic E-state index is 0.0718. The number of carboxylic acids is 2. The fourth-order valence-corrected chi connectivity index (χ4v) is 7.42. The molecule has 0 bridgehead atoms. The SMILES string of the molecule is CCCCCCCC/C=C\CCCCCCCCC(C[N+](C)(CCO)CC(CCCCCCCC/C=C\CCCCCCCC)C(=O)O)C(=O)O. The van der Waals surface area contributed by atoms with Crippen LogP contribution in [0, 0.1) is 11.8 Å². The molecule has 0 aromatic rings. The lowest BCUT2D eigenvalue weighted by molar-refractivity contribution is -0.914. The molecule has 6 nitrogen and oxygen atoms in total. The van der Waals surface area contributed by atoms with Gasteiger partial charge in [-0.05, 0) is 64.2 Å². The van der Waals surface area contributed by atoms with Crippen LogP contribution in [0.2, 0.25) is 0 Å². The summed E-state index contributed by atoms with van der Waals surface area (Å²) in [4.78, 5) is 24.5. The van der Waals surface area contributed by atoms with Gasteiger partial charge < -0.3 is 19.8 Å². The summed E-state index contributed by atoms with van der Waals surface area (Å²) >= 11 is 0. The number of hydrogen-bond donors (Lipinski definition) is 3. The van der Waals surface area contributed by atoms with Crippen LogP contribution >= 0.6 is 0 Å². The molecule has 0 fully saturated rings. The molecule has 6 heteroatoms. The van der Waals surface area contributed by atoms with Crippen LogP contribution in [-0.2, 0) is 9.59 Å². The zero-order chi connectivity index (χ0) is 37.7. The van der Waals surface area contributed by atoms with E-state index < -0.39 is 23.8 Å². The molecule has 0 aliphatic carbocycles. The van der Waals surface area contributed by atoms with Crippen molar-refractivity contribution < 1.29 is 29.4 Å². The third kappa shape index (κ3) is 32.7. The second kappa shape index (κ2) is 36.7. The summed E-state index contributed by atoms with van der Waals surface area (Å²) in [7, 11) is 1.94. The van der Waals surface area contributed by atoms with Crippen molar-refractivity contribution in [1.82, 2.24) is 0 Å². The summed E-state index contributed by atoms with van der Waals surface area (Å²) < 4.78 is 0.295. The van der Waals surface area contributed by atoms with E-state index in [1.165, 1.54) is 128 Å². The summed E-state index contributed by atoms with van der Waals surface area (Å²) in [6.07, 6.45) is 45.0. The van der Waals surface area contributed by atoms with Crippen LogP contribution in [0.5, 0.6) is 0 Å². The fraction of sp³-hybridized carbons (Fsp3) is 0.867. The first-order valence-corrected chi connectivity index (χ1v) is 22.0. The number of aliphatic hydroxyl groups excluding tert-OH is 1. The first kappa shape index (κ1) is 49.3. The molecule has 0 rings (SSSR count). The third-order valence-electron chi connectivity index (χ3n) is 10.8. The molecule has 2 unspecified atom stereocenters. The lowest BCUT2D eigenvalue weighted by Crippen LogP contribution is -2.53. The van der Waals surface area contributed by atoms with Crippen LogP contribution in [0.15, 0.2) is 24.3 Å². The number of aliphatic carboxylic acids is 2. The van der Waals surface area contributed by atoms with Crippen LogP contribution in [0.1, 0.15) is 206 Å². The van der Waals surface area contributed by atoms with E-state index in [1.54, 1.807) is 0 Å². The van der Waals surface area contributed by atoms with Gasteiger partial charge in [-0.15, -0.1) is 0 Å². The number of quaternary nitrogens is 1. The van der Waals surface area contributed by atoms with Gasteiger partial charge in [-0.3, -0.25) is 9.59 Å². The molecule has 0 heterocycles. The van der Waals surface area contributed by atoms with E-state index in [0.29, 0.717) is 37.0 Å². The van der Waals surface area contributed by atoms with E-state index >= 15 is 0 Å². The number of hydrogen-bond acceptors (Lipinski definition) is 3. The molecule has 2 atom stereocenters. The maximum Gasteiger partial charge on any atom is 0.312 e. The predicted octanol–water partition coefficient (Wildman–Crippen LogP) is 12.7. The molecule has 3 N–H and O–H groups in total. The number of likely N-dealkylation sites (N-methyl/N-ethyl adjacent to an activating group) is 1. The lowest BCUT2D eigenvalue weighted by Gasteiger charge is -2.38. The van der Waals surface area contributed by atoms with Crippen molar-refractivity contribution in [3.8, 4) is 0 Å². The van der Waals surface area contributed by atoms with E-state index in [9.17, 15) is 24.9 Å². The van der Waals surface area contributed by atoms with E-state index in [-0.39, 0.29) is 6.61 Å². The van der Waals surface area contributed by atoms with Crippen molar-refractivity contribution in [3.63, 3.8) is 0 Å². The van der Waals surface area contributed by atoms with Crippen molar-refractivity contribution >= 4 is 11.9 Å². The Hall–Kier alpha value is -1.66.